The Morgan fingerprint density at radius 2 is 1.77 bits per heavy atom. The van der Waals surface area contributed by atoms with Crippen molar-refractivity contribution in [1.29, 1.82) is 0 Å². The lowest BCUT2D eigenvalue weighted by Crippen LogP contribution is -2.24. The largest absolute Gasteiger partial charge is 0.326 e. The van der Waals surface area contributed by atoms with Gasteiger partial charge in [0, 0.05) is 23.2 Å². The SMILES string of the molecule is CC(=O)Nc1ccccc1-c1nnc(S[C@H](C)C(=O)Nc2cccc(Cl)c2C)[nH]c1=O. The number of benzene rings is 2. The van der Waals surface area contributed by atoms with Crippen LogP contribution in [0.2, 0.25) is 5.02 Å². The van der Waals surface area contributed by atoms with Gasteiger partial charge in [0.1, 0.15) is 0 Å². The quantitative estimate of drug-likeness (QED) is 0.484. The van der Waals surface area contributed by atoms with Crippen LogP contribution >= 0.6 is 23.4 Å². The Bertz CT molecular complexity index is 1200. The Morgan fingerprint density at radius 1 is 1.06 bits per heavy atom. The molecule has 0 saturated carbocycles. The van der Waals surface area contributed by atoms with Crippen molar-refractivity contribution in [3.8, 4) is 11.3 Å². The van der Waals surface area contributed by atoms with Gasteiger partial charge in [-0.15, -0.1) is 10.2 Å². The second-order valence-electron chi connectivity index (χ2n) is 6.70. The summed E-state index contributed by atoms with van der Waals surface area (Å²) in [7, 11) is 0. The molecule has 0 spiro atoms. The molecule has 31 heavy (non-hydrogen) atoms. The van der Waals surface area contributed by atoms with E-state index in [0.717, 1.165) is 17.3 Å². The fourth-order valence-corrected chi connectivity index (χ4v) is 3.65. The smallest absolute Gasteiger partial charge is 0.278 e. The van der Waals surface area contributed by atoms with Gasteiger partial charge >= 0.3 is 0 Å². The molecule has 8 nitrogen and oxygen atoms in total. The van der Waals surface area contributed by atoms with Gasteiger partial charge in [-0.1, -0.05) is 47.6 Å². The minimum atomic E-state index is -0.555. The van der Waals surface area contributed by atoms with E-state index in [0.29, 0.717) is 22.0 Å². The zero-order chi connectivity index (χ0) is 22.5. The number of amides is 2. The van der Waals surface area contributed by atoms with E-state index in [1.54, 1.807) is 49.4 Å². The molecule has 0 bridgehead atoms. The average Bonchev–Trinajstić information content (AvgIpc) is 2.72. The van der Waals surface area contributed by atoms with Crippen molar-refractivity contribution in [2.75, 3.05) is 10.6 Å². The first-order valence-corrected chi connectivity index (χ1v) is 10.6. The van der Waals surface area contributed by atoms with E-state index in [2.05, 4.69) is 25.8 Å². The molecule has 0 aliphatic rings. The zero-order valence-corrected chi connectivity index (χ0v) is 18.6. The number of hydrogen-bond acceptors (Lipinski definition) is 6. The Balaban J connectivity index is 1.76. The molecule has 2 amide bonds. The number of anilines is 2. The summed E-state index contributed by atoms with van der Waals surface area (Å²) in [4.78, 5) is 39.2. The Morgan fingerprint density at radius 3 is 2.48 bits per heavy atom. The molecule has 3 rings (SSSR count). The Kier molecular flexibility index (Phi) is 7.09. The fourth-order valence-electron chi connectivity index (χ4n) is 2.74. The van der Waals surface area contributed by atoms with E-state index in [1.165, 1.54) is 6.92 Å². The molecule has 1 aromatic heterocycles. The molecular formula is C21H20ClN5O3S. The van der Waals surface area contributed by atoms with Crippen LogP contribution in [0, 0.1) is 6.92 Å². The molecule has 0 aliphatic heterocycles. The van der Waals surface area contributed by atoms with E-state index in [4.69, 9.17) is 11.6 Å². The lowest BCUT2D eigenvalue weighted by Gasteiger charge is -2.13. The van der Waals surface area contributed by atoms with Crippen molar-refractivity contribution in [1.82, 2.24) is 15.2 Å². The molecule has 3 aromatic rings. The number of rotatable bonds is 6. The zero-order valence-electron chi connectivity index (χ0n) is 17.0. The van der Waals surface area contributed by atoms with Crippen molar-refractivity contribution >= 4 is 46.6 Å². The van der Waals surface area contributed by atoms with Gasteiger partial charge in [-0.25, -0.2) is 0 Å². The first-order chi connectivity index (χ1) is 14.8. The van der Waals surface area contributed by atoms with E-state index >= 15 is 0 Å². The predicted molar refractivity (Wildman–Crippen MR) is 123 cm³/mol. The highest BCUT2D eigenvalue weighted by atomic mass is 35.5. The summed E-state index contributed by atoms with van der Waals surface area (Å²) >= 11 is 7.16. The fraction of sp³-hybridized carbons (Fsp3) is 0.190. The van der Waals surface area contributed by atoms with E-state index in [1.807, 2.05) is 6.92 Å². The van der Waals surface area contributed by atoms with Gasteiger partial charge in [0.15, 0.2) is 10.9 Å². The predicted octanol–water partition coefficient (Wildman–Crippen LogP) is 3.87. The first-order valence-electron chi connectivity index (χ1n) is 9.33. The third-order valence-corrected chi connectivity index (χ3v) is 5.74. The molecule has 0 unspecified atom stereocenters. The van der Waals surface area contributed by atoms with E-state index in [9.17, 15) is 14.4 Å². The molecule has 1 heterocycles. The number of hydrogen-bond donors (Lipinski definition) is 3. The number of carbonyl (C=O) groups is 2. The average molecular weight is 458 g/mol. The van der Waals surface area contributed by atoms with Gasteiger partial charge in [-0.3, -0.25) is 19.4 Å². The standard InChI is InChI=1S/C21H20ClN5O3S/c1-11-15(22)8-6-10-16(11)24-19(29)12(2)31-21-25-20(30)18(26-27-21)14-7-4-5-9-17(14)23-13(3)28/h4-10,12H,1-3H3,(H,23,28)(H,24,29)(H,25,27,30)/t12-/m1/s1. The third-order valence-electron chi connectivity index (χ3n) is 4.35. The lowest BCUT2D eigenvalue weighted by molar-refractivity contribution is -0.115. The van der Waals surface area contributed by atoms with Crippen LogP contribution in [-0.2, 0) is 9.59 Å². The molecule has 1 atom stereocenters. The van der Waals surface area contributed by atoms with Gasteiger partial charge < -0.3 is 10.6 Å². The van der Waals surface area contributed by atoms with Crippen LogP contribution in [0.4, 0.5) is 11.4 Å². The highest BCUT2D eigenvalue weighted by Gasteiger charge is 2.19. The molecule has 0 saturated heterocycles. The summed E-state index contributed by atoms with van der Waals surface area (Å²) < 4.78 is 0. The van der Waals surface area contributed by atoms with Gasteiger partial charge in [0.2, 0.25) is 11.8 Å². The highest BCUT2D eigenvalue weighted by Crippen LogP contribution is 2.26. The Hall–Kier alpha value is -3.17. The molecule has 2 aromatic carbocycles. The second kappa shape index (κ2) is 9.76. The van der Waals surface area contributed by atoms with Crippen LogP contribution in [0.25, 0.3) is 11.3 Å². The number of thioether (sulfide) groups is 1. The third kappa shape index (κ3) is 5.50. The summed E-state index contributed by atoms with van der Waals surface area (Å²) in [5.74, 6) is -0.531. The summed E-state index contributed by atoms with van der Waals surface area (Å²) in [6.45, 7) is 4.89. The first kappa shape index (κ1) is 22.5. The van der Waals surface area contributed by atoms with E-state index in [-0.39, 0.29) is 22.7 Å². The van der Waals surface area contributed by atoms with Crippen LogP contribution in [0.3, 0.4) is 0 Å². The summed E-state index contributed by atoms with van der Waals surface area (Å²) in [5.41, 5.74) is 1.89. The van der Waals surface area contributed by atoms with Gasteiger partial charge in [0.05, 0.1) is 10.9 Å². The molecule has 3 N–H and O–H groups in total. The van der Waals surface area contributed by atoms with Crippen LogP contribution in [0.5, 0.6) is 0 Å². The van der Waals surface area contributed by atoms with Crippen molar-refractivity contribution in [2.45, 2.75) is 31.2 Å². The molecule has 0 radical (unpaired) electrons. The Labute approximate surface area is 187 Å². The van der Waals surface area contributed by atoms with Crippen molar-refractivity contribution in [3.05, 3.63) is 63.4 Å². The number of halogens is 1. The number of para-hydroxylation sites is 1. The normalized spacial score (nSPS) is 11.6. The number of H-pyrrole nitrogens is 1. The summed E-state index contributed by atoms with van der Waals surface area (Å²) in [5, 5.41) is 13.8. The number of carbonyl (C=O) groups excluding carboxylic acids is 2. The summed E-state index contributed by atoms with van der Waals surface area (Å²) in [6, 6.07) is 12.1. The lowest BCUT2D eigenvalue weighted by atomic mass is 10.1. The van der Waals surface area contributed by atoms with Crippen LogP contribution in [0.15, 0.2) is 52.4 Å². The monoisotopic (exact) mass is 457 g/mol. The topological polar surface area (TPSA) is 117 Å². The molecular weight excluding hydrogens is 438 g/mol. The highest BCUT2D eigenvalue weighted by molar-refractivity contribution is 8.00. The number of nitrogens with zero attached hydrogens (tertiary/aromatic N) is 2. The minimum Gasteiger partial charge on any atom is -0.326 e. The number of aromatic nitrogens is 3. The molecule has 0 aliphatic carbocycles. The number of nitrogens with one attached hydrogen (secondary N) is 3. The maximum Gasteiger partial charge on any atom is 0.278 e. The van der Waals surface area contributed by atoms with E-state index < -0.39 is 10.8 Å². The maximum atomic E-state index is 12.6. The van der Waals surface area contributed by atoms with Gasteiger partial charge in [0.25, 0.3) is 5.56 Å². The van der Waals surface area contributed by atoms with Gasteiger partial charge in [-0.2, -0.15) is 0 Å². The molecule has 10 heteroatoms. The van der Waals surface area contributed by atoms with Crippen molar-refractivity contribution in [2.24, 2.45) is 0 Å². The second-order valence-corrected chi connectivity index (χ2v) is 8.43. The molecule has 0 fully saturated rings. The van der Waals surface area contributed by atoms with Crippen LogP contribution in [-0.4, -0.2) is 32.2 Å². The minimum absolute atomic E-state index is 0.0698. The van der Waals surface area contributed by atoms with Crippen molar-refractivity contribution in [3.63, 3.8) is 0 Å². The molecule has 160 valence electrons. The van der Waals surface area contributed by atoms with Crippen LogP contribution < -0.4 is 16.2 Å². The van der Waals surface area contributed by atoms with Crippen LogP contribution in [0.1, 0.15) is 19.4 Å². The maximum absolute atomic E-state index is 12.6. The van der Waals surface area contributed by atoms with Gasteiger partial charge in [-0.05, 0) is 37.6 Å². The van der Waals surface area contributed by atoms with Crippen molar-refractivity contribution < 1.29 is 9.59 Å². The number of aromatic amines is 1. The summed E-state index contributed by atoms with van der Waals surface area (Å²) in [6.07, 6.45) is 0.